The van der Waals surface area contributed by atoms with E-state index in [9.17, 15) is 9.59 Å². The van der Waals surface area contributed by atoms with E-state index in [-0.39, 0.29) is 16.8 Å². The van der Waals surface area contributed by atoms with E-state index in [0.717, 1.165) is 0 Å². The van der Waals surface area contributed by atoms with Crippen molar-refractivity contribution in [2.24, 2.45) is 5.73 Å². The van der Waals surface area contributed by atoms with E-state index < -0.39 is 17.9 Å². The molecule has 1 amide bonds. The summed E-state index contributed by atoms with van der Waals surface area (Å²) in [5.41, 5.74) is 5.02. The third-order valence-electron chi connectivity index (χ3n) is 1.85. The molecule has 1 heterocycles. The summed E-state index contributed by atoms with van der Waals surface area (Å²) >= 11 is 5.68. The molecule has 3 N–H and O–H groups in total. The Morgan fingerprint density at radius 1 is 1.53 bits per heavy atom. The number of halogens is 1. The van der Waals surface area contributed by atoms with E-state index in [1.807, 2.05) is 0 Å². The van der Waals surface area contributed by atoms with Crippen LogP contribution in [0.25, 0.3) is 0 Å². The second-order valence-corrected chi connectivity index (χ2v) is 3.54. The maximum atomic E-state index is 11.2. The number of esters is 1. The molecule has 1 unspecified atom stereocenters. The second-order valence-electron chi connectivity index (χ2n) is 3.15. The number of anilines is 1. The van der Waals surface area contributed by atoms with Crippen LogP contribution in [0.1, 0.15) is 17.4 Å². The van der Waals surface area contributed by atoms with Gasteiger partial charge in [0.1, 0.15) is 16.9 Å². The molecule has 0 aromatic carbocycles. The minimum absolute atomic E-state index is 0.0317. The van der Waals surface area contributed by atoms with Crippen LogP contribution >= 0.6 is 11.6 Å². The van der Waals surface area contributed by atoms with Crippen LogP contribution in [0.2, 0.25) is 5.15 Å². The highest BCUT2D eigenvalue weighted by Gasteiger charge is 2.15. The van der Waals surface area contributed by atoms with Crippen LogP contribution in [-0.2, 0) is 9.53 Å². The zero-order chi connectivity index (χ0) is 13.0. The Hall–Kier alpha value is -1.89. The number of aromatic nitrogens is 2. The molecule has 1 aromatic heterocycles. The molecule has 1 rings (SSSR count). The number of nitrogens with one attached hydrogen (secondary N) is 1. The smallest absolute Gasteiger partial charge is 0.328 e. The number of amides is 1. The van der Waals surface area contributed by atoms with E-state index in [1.165, 1.54) is 13.2 Å². The molecule has 0 saturated heterocycles. The summed E-state index contributed by atoms with van der Waals surface area (Å²) in [6, 6.07) is 0.567. The van der Waals surface area contributed by atoms with Crippen LogP contribution in [0, 0.1) is 0 Å². The van der Waals surface area contributed by atoms with Gasteiger partial charge in [-0.15, -0.1) is 0 Å². The lowest BCUT2D eigenvalue weighted by atomic mass is 10.3. The minimum Gasteiger partial charge on any atom is -0.467 e. The zero-order valence-corrected chi connectivity index (χ0v) is 9.99. The monoisotopic (exact) mass is 258 g/mol. The van der Waals surface area contributed by atoms with Gasteiger partial charge in [0.2, 0.25) is 5.95 Å². The number of rotatable bonds is 4. The third kappa shape index (κ3) is 3.56. The number of carbonyl (C=O) groups excluding carboxylic acids is 2. The first-order valence-electron chi connectivity index (χ1n) is 4.62. The predicted molar refractivity (Wildman–Crippen MR) is 60.7 cm³/mol. The van der Waals surface area contributed by atoms with Gasteiger partial charge in [-0.05, 0) is 6.92 Å². The largest absolute Gasteiger partial charge is 0.467 e. The van der Waals surface area contributed by atoms with Gasteiger partial charge in [0.15, 0.2) is 0 Å². The van der Waals surface area contributed by atoms with E-state index in [0.29, 0.717) is 0 Å². The topological polar surface area (TPSA) is 107 Å². The van der Waals surface area contributed by atoms with Gasteiger partial charge >= 0.3 is 5.97 Å². The summed E-state index contributed by atoms with van der Waals surface area (Å²) < 4.78 is 4.51. The number of nitrogens with zero attached hydrogens (tertiary/aromatic N) is 2. The van der Waals surface area contributed by atoms with Crippen molar-refractivity contribution in [3.8, 4) is 0 Å². The molecule has 0 aliphatic carbocycles. The van der Waals surface area contributed by atoms with Crippen molar-refractivity contribution in [2.45, 2.75) is 13.0 Å². The second kappa shape index (κ2) is 5.44. The summed E-state index contributed by atoms with van der Waals surface area (Å²) in [5.74, 6) is -1.19. The summed E-state index contributed by atoms with van der Waals surface area (Å²) in [5, 5.41) is 2.69. The normalized spacial score (nSPS) is 11.7. The number of carbonyl (C=O) groups is 2. The fourth-order valence-corrected chi connectivity index (χ4v) is 1.22. The van der Waals surface area contributed by atoms with Gasteiger partial charge in [-0.1, -0.05) is 11.6 Å². The minimum atomic E-state index is -0.733. The molecule has 0 aliphatic heterocycles. The van der Waals surface area contributed by atoms with Gasteiger partial charge in [-0.2, -0.15) is 0 Å². The maximum Gasteiger partial charge on any atom is 0.328 e. The Bertz CT molecular complexity index is 452. The first kappa shape index (κ1) is 13.2. The van der Waals surface area contributed by atoms with Gasteiger partial charge in [0.05, 0.1) is 7.11 Å². The molecule has 0 fully saturated rings. The van der Waals surface area contributed by atoms with Crippen LogP contribution < -0.4 is 11.1 Å². The van der Waals surface area contributed by atoms with E-state index in [2.05, 4.69) is 20.0 Å². The summed E-state index contributed by atoms with van der Waals surface area (Å²) in [6.45, 7) is 1.56. The molecular weight excluding hydrogens is 248 g/mol. The highest BCUT2D eigenvalue weighted by atomic mass is 35.5. The number of methoxy groups -OCH3 is 1. The van der Waals surface area contributed by atoms with E-state index >= 15 is 0 Å². The zero-order valence-electron chi connectivity index (χ0n) is 9.23. The Kier molecular flexibility index (Phi) is 4.22. The SMILES string of the molecule is COC(=O)C(C)Nc1nc(Cl)cc(C(N)=O)n1. The highest BCUT2D eigenvalue weighted by Crippen LogP contribution is 2.11. The number of ether oxygens (including phenoxy) is 1. The van der Waals surface area contributed by atoms with Crippen LogP contribution in [-0.4, -0.2) is 35.0 Å². The highest BCUT2D eigenvalue weighted by molar-refractivity contribution is 6.29. The van der Waals surface area contributed by atoms with Crippen molar-refractivity contribution in [2.75, 3.05) is 12.4 Å². The molecule has 1 aromatic rings. The summed E-state index contributed by atoms with van der Waals surface area (Å²) in [4.78, 5) is 29.7. The first-order chi connectivity index (χ1) is 7.93. The molecule has 0 aliphatic rings. The van der Waals surface area contributed by atoms with Gasteiger partial charge in [0, 0.05) is 6.07 Å². The van der Waals surface area contributed by atoms with Gasteiger partial charge in [-0.3, -0.25) is 4.79 Å². The Morgan fingerprint density at radius 2 is 2.18 bits per heavy atom. The first-order valence-corrected chi connectivity index (χ1v) is 5.00. The van der Waals surface area contributed by atoms with Crippen molar-refractivity contribution in [1.82, 2.24) is 9.97 Å². The predicted octanol–water partition coefficient (Wildman–Crippen LogP) is 0.202. The van der Waals surface area contributed by atoms with Gasteiger partial charge < -0.3 is 15.8 Å². The van der Waals surface area contributed by atoms with Gasteiger partial charge in [0.25, 0.3) is 5.91 Å². The molecule has 8 heteroatoms. The van der Waals surface area contributed by atoms with Gasteiger partial charge in [-0.25, -0.2) is 14.8 Å². The number of nitrogens with two attached hydrogens (primary N) is 1. The summed E-state index contributed by atoms with van der Waals surface area (Å²) in [7, 11) is 1.26. The Morgan fingerprint density at radius 3 is 2.71 bits per heavy atom. The maximum absolute atomic E-state index is 11.2. The van der Waals surface area contributed by atoms with E-state index in [1.54, 1.807) is 6.92 Å². The molecule has 0 radical (unpaired) electrons. The number of primary amides is 1. The molecule has 17 heavy (non-hydrogen) atoms. The lowest BCUT2D eigenvalue weighted by molar-refractivity contribution is -0.141. The van der Waals surface area contributed by atoms with Crippen molar-refractivity contribution in [1.29, 1.82) is 0 Å². The molecular formula is C9H11ClN4O3. The average Bonchev–Trinajstić information content (AvgIpc) is 2.26. The lowest BCUT2D eigenvalue weighted by Gasteiger charge is -2.11. The fraction of sp³-hybridized carbons (Fsp3) is 0.333. The van der Waals surface area contributed by atoms with Crippen molar-refractivity contribution in [3.05, 3.63) is 16.9 Å². The van der Waals surface area contributed by atoms with Crippen molar-refractivity contribution in [3.63, 3.8) is 0 Å². The summed E-state index contributed by atoms with van der Waals surface area (Å²) in [6.07, 6.45) is 0. The van der Waals surface area contributed by atoms with Crippen LogP contribution in [0.15, 0.2) is 6.07 Å². The van der Waals surface area contributed by atoms with Crippen molar-refractivity contribution >= 4 is 29.4 Å². The van der Waals surface area contributed by atoms with Crippen molar-refractivity contribution < 1.29 is 14.3 Å². The molecule has 0 bridgehead atoms. The lowest BCUT2D eigenvalue weighted by Crippen LogP contribution is -2.28. The van der Waals surface area contributed by atoms with Crippen LogP contribution in [0.3, 0.4) is 0 Å². The molecule has 92 valence electrons. The molecule has 7 nitrogen and oxygen atoms in total. The molecule has 0 saturated carbocycles. The van der Waals surface area contributed by atoms with Crippen LogP contribution in [0.4, 0.5) is 5.95 Å². The molecule has 1 atom stereocenters. The average molecular weight is 259 g/mol. The fourth-order valence-electron chi connectivity index (χ4n) is 1.04. The Balaban J connectivity index is 2.91. The molecule has 0 spiro atoms. The number of hydrogen-bond donors (Lipinski definition) is 2. The Labute approximate surface area is 102 Å². The van der Waals surface area contributed by atoms with E-state index in [4.69, 9.17) is 17.3 Å². The third-order valence-corrected chi connectivity index (χ3v) is 2.04. The quantitative estimate of drug-likeness (QED) is 0.590. The van der Waals surface area contributed by atoms with Crippen LogP contribution in [0.5, 0.6) is 0 Å². The standard InChI is InChI=1S/C9H11ClN4O3/c1-4(8(16)17-2)12-9-13-5(7(11)15)3-6(10)14-9/h3-4H,1-2H3,(H2,11,15)(H,12,13,14). The number of hydrogen-bond acceptors (Lipinski definition) is 6.